The standard InChI is InChI=1S/C35H32FN5O6S/c1-20-8-10-21(11-9-20)33-31(34(42)37-2)24-18-23(27(19-29(24)46-33)40(3)48(4,43)44)22-16-26(38-30(17-22)41-12-14-45-15-13-41)35-39-32-25(36)6-5-7-28(32)47-35/h5-11,16-19H,12-15H2,1-4H3,(H,37,42). The van der Waals surface area contributed by atoms with Crippen molar-refractivity contribution < 1.29 is 31.2 Å². The van der Waals surface area contributed by atoms with E-state index in [1.165, 1.54) is 23.5 Å². The number of carbonyl (C=O) groups is 1. The number of hydrogen-bond acceptors (Lipinski definition) is 9. The Balaban J connectivity index is 1.51. The number of nitrogens with one attached hydrogen (secondary N) is 1. The summed E-state index contributed by atoms with van der Waals surface area (Å²) in [6.45, 7) is 4.09. The maximum atomic E-state index is 14.6. The summed E-state index contributed by atoms with van der Waals surface area (Å²) >= 11 is 0. The SMILES string of the molecule is CNC(=O)c1c(-c2ccc(C)cc2)oc2cc(N(C)S(C)(=O)=O)c(-c3cc(-c4nc5c(F)cccc5o4)nc(N4CCOCC4)c3)cc12. The van der Waals surface area contributed by atoms with Crippen LogP contribution < -0.4 is 14.5 Å². The first-order valence-electron chi connectivity index (χ1n) is 15.3. The largest absolute Gasteiger partial charge is 0.455 e. The topological polar surface area (TPSA) is 131 Å². The Hall–Kier alpha value is -5.27. The molecule has 0 aliphatic carbocycles. The molecule has 0 spiro atoms. The van der Waals surface area contributed by atoms with Gasteiger partial charge >= 0.3 is 0 Å². The third kappa shape index (κ3) is 5.64. The van der Waals surface area contributed by atoms with Gasteiger partial charge in [-0.15, -0.1) is 0 Å². The first-order valence-corrected chi connectivity index (χ1v) is 17.1. The second-order valence-corrected chi connectivity index (χ2v) is 13.7. The number of morpholine rings is 1. The lowest BCUT2D eigenvalue weighted by molar-refractivity contribution is 0.0964. The minimum Gasteiger partial charge on any atom is -0.455 e. The summed E-state index contributed by atoms with van der Waals surface area (Å²) in [6, 6.07) is 19.0. The van der Waals surface area contributed by atoms with Crippen molar-refractivity contribution in [3.63, 3.8) is 0 Å². The van der Waals surface area contributed by atoms with Gasteiger partial charge in [-0.3, -0.25) is 9.10 Å². The second-order valence-electron chi connectivity index (χ2n) is 11.7. The minimum absolute atomic E-state index is 0.0730. The smallest absolute Gasteiger partial charge is 0.255 e. The predicted molar refractivity (Wildman–Crippen MR) is 182 cm³/mol. The summed E-state index contributed by atoms with van der Waals surface area (Å²) in [5, 5.41) is 3.20. The van der Waals surface area contributed by atoms with E-state index >= 15 is 0 Å². The van der Waals surface area contributed by atoms with E-state index in [0.29, 0.717) is 82.5 Å². The average molecular weight is 670 g/mol. The molecule has 6 aromatic rings. The molecule has 0 atom stereocenters. The number of aryl methyl sites for hydroxylation is 1. The van der Waals surface area contributed by atoms with Crippen LogP contribution in [0, 0.1) is 12.7 Å². The molecule has 3 aromatic carbocycles. The van der Waals surface area contributed by atoms with Gasteiger partial charge in [0.1, 0.15) is 28.4 Å². The van der Waals surface area contributed by atoms with E-state index < -0.39 is 15.8 Å². The van der Waals surface area contributed by atoms with Gasteiger partial charge in [-0.2, -0.15) is 0 Å². The lowest BCUT2D eigenvalue weighted by Crippen LogP contribution is -2.36. The van der Waals surface area contributed by atoms with Crippen LogP contribution in [-0.2, 0) is 14.8 Å². The quantitative estimate of drug-likeness (QED) is 0.217. The van der Waals surface area contributed by atoms with Gasteiger partial charge in [-0.1, -0.05) is 35.9 Å². The van der Waals surface area contributed by atoms with Crippen LogP contribution in [0.3, 0.4) is 0 Å². The second kappa shape index (κ2) is 12.1. The van der Waals surface area contributed by atoms with Gasteiger partial charge in [-0.25, -0.2) is 22.8 Å². The van der Waals surface area contributed by atoms with Crippen molar-refractivity contribution in [3.05, 3.63) is 83.7 Å². The van der Waals surface area contributed by atoms with E-state index in [4.69, 9.17) is 18.6 Å². The molecule has 11 nitrogen and oxygen atoms in total. The van der Waals surface area contributed by atoms with E-state index in [2.05, 4.69) is 10.3 Å². The number of aromatic nitrogens is 2. The number of benzene rings is 3. The zero-order valence-corrected chi connectivity index (χ0v) is 27.5. The summed E-state index contributed by atoms with van der Waals surface area (Å²) < 4.78 is 59.7. The van der Waals surface area contributed by atoms with Crippen LogP contribution in [0.5, 0.6) is 0 Å². The molecule has 1 amide bonds. The van der Waals surface area contributed by atoms with Crippen LogP contribution in [0.4, 0.5) is 15.9 Å². The highest BCUT2D eigenvalue weighted by Gasteiger charge is 2.27. The highest BCUT2D eigenvalue weighted by molar-refractivity contribution is 7.92. The number of carbonyl (C=O) groups excluding carboxylic acids is 1. The number of rotatable bonds is 7. The van der Waals surface area contributed by atoms with Crippen molar-refractivity contribution >= 4 is 49.5 Å². The highest BCUT2D eigenvalue weighted by atomic mass is 32.2. The predicted octanol–water partition coefficient (Wildman–Crippen LogP) is 6.01. The average Bonchev–Trinajstić information content (AvgIpc) is 3.70. The molecule has 7 rings (SSSR count). The number of hydrogen-bond donors (Lipinski definition) is 1. The van der Waals surface area contributed by atoms with E-state index in [-0.39, 0.29) is 22.9 Å². The third-order valence-corrected chi connectivity index (χ3v) is 9.65. The first-order chi connectivity index (χ1) is 23.0. The molecule has 3 aromatic heterocycles. The molecule has 0 saturated carbocycles. The summed E-state index contributed by atoms with van der Waals surface area (Å²) in [7, 11) is -0.756. The zero-order chi connectivity index (χ0) is 33.7. The van der Waals surface area contributed by atoms with Crippen LogP contribution in [0.25, 0.3) is 56.1 Å². The van der Waals surface area contributed by atoms with Gasteiger partial charge < -0.3 is 23.8 Å². The Labute approximate surface area is 276 Å². The molecular formula is C35H32FN5O6S. The number of oxazole rings is 1. The molecule has 1 N–H and O–H groups in total. The Morgan fingerprint density at radius 1 is 0.958 bits per heavy atom. The van der Waals surface area contributed by atoms with Crippen molar-refractivity contribution in [1.29, 1.82) is 0 Å². The number of furan rings is 1. The van der Waals surface area contributed by atoms with Gasteiger partial charge in [0.05, 0.1) is 30.7 Å². The molecular weight excluding hydrogens is 637 g/mol. The molecule has 1 aliphatic rings. The van der Waals surface area contributed by atoms with Gasteiger partial charge in [0.2, 0.25) is 15.9 Å². The monoisotopic (exact) mass is 669 g/mol. The lowest BCUT2D eigenvalue weighted by Gasteiger charge is -2.28. The number of pyridine rings is 1. The van der Waals surface area contributed by atoms with E-state index in [0.717, 1.165) is 11.8 Å². The summed E-state index contributed by atoms with van der Waals surface area (Å²) in [6.07, 6.45) is 1.11. The molecule has 0 unspecified atom stereocenters. The van der Waals surface area contributed by atoms with Crippen LogP contribution in [0.2, 0.25) is 0 Å². The molecule has 0 radical (unpaired) electrons. The summed E-state index contributed by atoms with van der Waals surface area (Å²) in [5.74, 6) is 0.132. The maximum Gasteiger partial charge on any atom is 0.255 e. The third-order valence-electron chi connectivity index (χ3n) is 8.46. The molecule has 0 bridgehead atoms. The number of amides is 1. The fourth-order valence-electron chi connectivity index (χ4n) is 5.82. The van der Waals surface area contributed by atoms with Crippen LogP contribution >= 0.6 is 0 Å². The van der Waals surface area contributed by atoms with Gasteiger partial charge in [0.15, 0.2) is 11.4 Å². The van der Waals surface area contributed by atoms with Crippen molar-refractivity contribution in [2.75, 3.05) is 55.9 Å². The molecule has 1 aliphatic heterocycles. The van der Waals surface area contributed by atoms with Crippen LogP contribution in [0.1, 0.15) is 15.9 Å². The molecule has 48 heavy (non-hydrogen) atoms. The Bertz CT molecular complexity index is 2310. The Morgan fingerprint density at radius 3 is 2.40 bits per heavy atom. The molecule has 1 saturated heterocycles. The maximum absolute atomic E-state index is 14.6. The zero-order valence-electron chi connectivity index (χ0n) is 26.7. The van der Waals surface area contributed by atoms with Gasteiger partial charge in [-0.05, 0) is 42.8 Å². The van der Waals surface area contributed by atoms with Gasteiger partial charge in [0.25, 0.3) is 5.91 Å². The normalized spacial score (nSPS) is 13.7. The number of fused-ring (bicyclic) bond motifs is 2. The van der Waals surface area contributed by atoms with Crippen molar-refractivity contribution in [1.82, 2.24) is 15.3 Å². The first kappa shape index (κ1) is 31.3. The van der Waals surface area contributed by atoms with Crippen LogP contribution in [0.15, 0.2) is 75.6 Å². The van der Waals surface area contributed by atoms with E-state index in [1.54, 1.807) is 31.3 Å². The van der Waals surface area contributed by atoms with Crippen molar-refractivity contribution in [3.8, 4) is 34.0 Å². The summed E-state index contributed by atoms with van der Waals surface area (Å²) in [4.78, 5) is 24.7. The number of anilines is 2. The number of nitrogens with zero attached hydrogens (tertiary/aromatic N) is 4. The summed E-state index contributed by atoms with van der Waals surface area (Å²) in [5.41, 5.74) is 4.39. The minimum atomic E-state index is -3.75. The van der Waals surface area contributed by atoms with E-state index in [9.17, 15) is 17.6 Å². The fraction of sp³-hybridized carbons (Fsp3) is 0.229. The highest BCUT2D eigenvalue weighted by Crippen LogP contribution is 2.43. The lowest BCUT2D eigenvalue weighted by atomic mass is 9.98. The Morgan fingerprint density at radius 2 is 1.71 bits per heavy atom. The number of halogens is 1. The molecule has 4 heterocycles. The van der Waals surface area contributed by atoms with Crippen LogP contribution in [-0.4, -0.2) is 70.9 Å². The van der Waals surface area contributed by atoms with Gasteiger partial charge in [0, 0.05) is 49.8 Å². The molecule has 1 fully saturated rings. The fourth-order valence-corrected chi connectivity index (χ4v) is 6.33. The number of sulfonamides is 1. The number of ether oxygens (including phenoxy) is 1. The van der Waals surface area contributed by atoms with Crippen molar-refractivity contribution in [2.45, 2.75) is 6.92 Å². The molecule has 13 heteroatoms. The van der Waals surface area contributed by atoms with E-state index in [1.807, 2.05) is 42.2 Å². The van der Waals surface area contributed by atoms with Crippen molar-refractivity contribution in [2.24, 2.45) is 0 Å². The Kier molecular flexibility index (Phi) is 7.88. The number of para-hydroxylation sites is 1. The molecule has 246 valence electrons.